The molecule has 29 heavy (non-hydrogen) atoms. The van der Waals surface area contributed by atoms with Gasteiger partial charge in [-0.2, -0.15) is 0 Å². The van der Waals surface area contributed by atoms with Gasteiger partial charge < -0.3 is 14.4 Å². The van der Waals surface area contributed by atoms with Crippen LogP contribution in [-0.2, 0) is 11.2 Å². The molecular weight excluding hydrogens is 366 g/mol. The van der Waals surface area contributed by atoms with E-state index in [4.69, 9.17) is 4.98 Å². The molecule has 0 N–H and O–H groups in total. The van der Waals surface area contributed by atoms with Crippen molar-refractivity contribution in [1.82, 2.24) is 29.4 Å². The van der Waals surface area contributed by atoms with Gasteiger partial charge in [0.2, 0.25) is 11.9 Å². The normalized spacial score (nSPS) is 15.2. The van der Waals surface area contributed by atoms with Gasteiger partial charge in [0.1, 0.15) is 5.52 Å². The number of imidazole rings is 1. The Labute approximate surface area is 170 Å². The Kier molecular flexibility index (Phi) is 5.42. The summed E-state index contributed by atoms with van der Waals surface area (Å²) in [5, 5.41) is 0. The molecule has 4 rings (SSSR count). The Bertz CT molecular complexity index is 1010. The lowest BCUT2D eigenvalue weighted by Crippen LogP contribution is -2.34. The average molecular weight is 393 g/mol. The van der Waals surface area contributed by atoms with E-state index >= 15 is 0 Å². The lowest BCUT2D eigenvalue weighted by atomic mass is 10.2. The Hall–Kier alpha value is -3.03. The van der Waals surface area contributed by atoms with E-state index < -0.39 is 0 Å². The SMILES string of the molecule is CC(=O)N1CCCN(c2nccc(Cc3cc4c(cn3)ncn4C(C)C)n2)CC1. The summed E-state index contributed by atoms with van der Waals surface area (Å²) in [6.07, 6.45) is 7.07. The van der Waals surface area contributed by atoms with Crippen LogP contribution in [0.25, 0.3) is 11.0 Å². The van der Waals surface area contributed by atoms with Crippen molar-refractivity contribution in [3.63, 3.8) is 0 Å². The highest BCUT2D eigenvalue weighted by molar-refractivity contribution is 5.75. The van der Waals surface area contributed by atoms with Gasteiger partial charge in [-0.1, -0.05) is 0 Å². The quantitative estimate of drug-likeness (QED) is 0.677. The third-order valence-electron chi connectivity index (χ3n) is 5.36. The Morgan fingerprint density at radius 2 is 1.97 bits per heavy atom. The lowest BCUT2D eigenvalue weighted by molar-refractivity contribution is -0.128. The minimum atomic E-state index is 0.128. The van der Waals surface area contributed by atoms with Crippen LogP contribution in [0.15, 0.2) is 30.9 Å². The fraction of sp³-hybridized carbons (Fsp3) is 0.476. The number of nitrogens with zero attached hydrogens (tertiary/aromatic N) is 7. The summed E-state index contributed by atoms with van der Waals surface area (Å²) in [5.41, 5.74) is 3.90. The molecule has 3 aromatic heterocycles. The third-order valence-corrected chi connectivity index (χ3v) is 5.36. The minimum Gasteiger partial charge on any atom is -0.341 e. The largest absolute Gasteiger partial charge is 0.341 e. The predicted molar refractivity (Wildman–Crippen MR) is 112 cm³/mol. The van der Waals surface area contributed by atoms with E-state index in [9.17, 15) is 4.79 Å². The Morgan fingerprint density at radius 3 is 2.76 bits per heavy atom. The monoisotopic (exact) mass is 393 g/mol. The van der Waals surface area contributed by atoms with E-state index in [1.54, 1.807) is 6.92 Å². The smallest absolute Gasteiger partial charge is 0.225 e. The third kappa shape index (κ3) is 4.21. The van der Waals surface area contributed by atoms with Crippen LogP contribution in [0.2, 0.25) is 0 Å². The number of fused-ring (bicyclic) bond motifs is 1. The van der Waals surface area contributed by atoms with Crippen LogP contribution in [0.5, 0.6) is 0 Å². The number of aromatic nitrogens is 5. The first-order chi connectivity index (χ1) is 14.0. The second-order valence-electron chi connectivity index (χ2n) is 7.78. The molecule has 0 atom stereocenters. The highest BCUT2D eigenvalue weighted by Gasteiger charge is 2.18. The number of amides is 1. The van der Waals surface area contributed by atoms with Crippen LogP contribution < -0.4 is 4.90 Å². The first kappa shape index (κ1) is 19.3. The number of anilines is 1. The molecule has 4 heterocycles. The van der Waals surface area contributed by atoms with Crippen LogP contribution in [0.4, 0.5) is 5.95 Å². The van der Waals surface area contributed by atoms with E-state index in [0.717, 1.165) is 54.4 Å². The van der Waals surface area contributed by atoms with Crippen molar-refractivity contribution < 1.29 is 4.79 Å². The maximum Gasteiger partial charge on any atom is 0.225 e. The Morgan fingerprint density at radius 1 is 1.10 bits per heavy atom. The van der Waals surface area contributed by atoms with Crippen molar-refractivity contribution in [1.29, 1.82) is 0 Å². The van der Waals surface area contributed by atoms with Gasteiger partial charge in [-0.3, -0.25) is 9.78 Å². The van der Waals surface area contributed by atoms with Gasteiger partial charge >= 0.3 is 0 Å². The Balaban J connectivity index is 1.53. The van der Waals surface area contributed by atoms with Crippen LogP contribution in [-0.4, -0.2) is 61.5 Å². The fourth-order valence-electron chi connectivity index (χ4n) is 3.73. The molecule has 1 fully saturated rings. The van der Waals surface area contributed by atoms with E-state index in [0.29, 0.717) is 19.0 Å². The molecule has 0 spiro atoms. The highest BCUT2D eigenvalue weighted by Crippen LogP contribution is 2.19. The molecule has 0 saturated carbocycles. The first-order valence-corrected chi connectivity index (χ1v) is 10.1. The predicted octanol–water partition coefficient (Wildman–Crippen LogP) is 2.45. The molecule has 0 aromatic carbocycles. The molecule has 0 aliphatic carbocycles. The molecule has 0 bridgehead atoms. The van der Waals surface area contributed by atoms with E-state index in [1.165, 1.54) is 0 Å². The summed E-state index contributed by atoms with van der Waals surface area (Å²) < 4.78 is 2.16. The summed E-state index contributed by atoms with van der Waals surface area (Å²) in [6.45, 7) is 9.02. The molecule has 1 saturated heterocycles. The summed E-state index contributed by atoms with van der Waals surface area (Å²) >= 11 is 0. The standard InChI is InChI=1S/C21H27N7O/c1-15(2)28-14-24-19-13-23-18(12-20(19)28)11-17-5-6-22-21(25-17)27-8-4-7-26(9-10-27)16(3)29/h5-6,12-15H,4,7-11H2,1-3H3. The van der Waals surface area contributed by atoms with Gasteiger partial charge in [-0.05, 0) is 32.4 Å². The van der Waals surface area contributed by atoms with Crippen molar-refractivity contribution >= 4 is 22.9 Å². The number of carbonyl (C=O) groups is 1. The molecule has 3 aromatic rings. The van der Waals surface area contributed by atoms with Crippen molar-refractivity contribution in [2.75, 3.05) is 31.1 Å². The number of hydrogen-bond acceptors (Lipinski definition) is 6. The van der Waals surface area contributed by atoms with Crippen molar-refractivity contribution in [3.8, 4) is 0 Å². The molecule has 0 unspecified atom stereocenters. The zero-order chi connectivity index (χ0) is 20.4. The van der Waals surface area contributed by atoms with Crippen molar-refractivity contribution in [2.24, 2.45) is 0 Å². The zero-order valence-electron chi connectivity index (χ0n) is 17.2. The maximum absolute atomic E-state index is 11.7. The average Bonchev–Trinajstić information content (AvgIpc) is 2.96. The van der Waals surface area contributed by atoms with E-state index in [1.807, 2.05) is 29.7 Å². The number of hydrogen-bond donors (Lipinski definition) is 0. The highest BCUT2D eigenvalue weighted by atomic mass is 16.2. The van der Waals surface area contributed by atoms with Crippen LogP contribution in [0.3, 0.4) is 0 Å². The van der Waals surface area contributed by atoms with Crippen LogP contribution >= 0.6 is 0 Å². The molecule has 152 valence electrons. The molecule has 8 nitrogen and oxygen atoms in total. The summed E-state index contributed by atoms with van der Waals surface area (Å²) in [4.78, 5) is 34.0. The van der Waals surface area contributed by atoms with Crippen molar-refractivity contribution in [3.05, 3.63) is 42.2 Å². The van der Waals surface area contributed by atoms with E-state index in [2.05, 4.69) is 44.3 Å². The van der Waals surface area contributed by atoms with Crippen LogP contribution in [0.1, 0.15) is 44.6 Å². The number of pyridine rings is 1. The number of carbonyl (C=O) groups excluding carboxylic acids is 1. The van der Waals surface area contributed by atoms with Gasteiger partial charge in [0, 0.05) is 57.5 Å². The van der Waals surface area contributed by atoms with Gasteiger partial charge in [0.25, 0.3) is 0 Å². The summed E-state index contributed by atoms with van der Waals surface area (Å²) in [5.74, 6) is 0.852. The van der Waals surface area contributed by atoms with Crippen LogP contribution in [0, 0.1) is 0 Å². The molecule has 1 aliphatic rings. The topological polar surface area (TPSA) is 80.0 Å². The lowest BCUT2D eigenvalue weighted by Gasteiger charge is -2.21. The van der Waals surface area contributed by atoms with Gasteiger partial charge in [-0.15, -0.1) is 0 Å². The van der Waals surface area contributed by atoms with Gasteiger partial charge in [0.15, 0.2) is 0 Å². The zero-order valence-corrected chi connectivity index (χ0v) is 17.2. The summed E-state index contributed by atoms with van der Waals surface area (Å²) in [6, 6.07) is 4.38. The molecule has 1 aliphatic heterocycles. The molecular formula is C21H27N7O. The molecule has 1 amide bonds. The molecule has 0 radical (unpaired) electrons. The first-order valence-electron chi connectivity index (χ1n) is 10.1. The maximum atomic E-state index is 11.7. The minimum absolute atomic E-state index is 0.128. The number of rotatable bonds is 4. The molecule has 8 heteroatoms. The fourth-order valence-corrected chi connectivity index (χ4v) is 3.73. The summed E-state index contributed by atoms with van der Waals surface area (Å²) in [7, 11) is 0. The van der Waals surface area contributed by atoms with Gasteiger partial charge in [-0.25, -0.2) is 15.0 Å². The van der Waals surface area contributed by atoms with Crippen molar-refractivity contribution in [2.45, 2.75) is 39.7 Å². The second kappa shape index (κ2) is 8.14. The second-order valence-corrected chi connectivity index (χ2v) is 7.78. The van der Waals surface area contributed by atoms with Gasteiger partial charge in [0.05, 0.1) is 23.7 Å². The van der Waals surface area contributed by atoms with E-state index in [-0.39, 0.29) is 5.91 Å².